The Hall–Kier alpha value is -2.89. The van der Waals surface area contributed by atoms with E-state index in [0.29, 0.717) is 32.5 Å². The summed E-state index contributed by atoms with van der Waals surface area (Å²) >= 11 is 0. The fraction of sp³-hybridized carbons (Fsp3) is 0.391. The highest BCUT2D eigenvalue weighted by Gasteiger charge is 2.48. The molecule has 1 N–H and O–H groups in total. The highest BCUT2D eigenvalue weighted by molar-refractivity contribution is 5.82. The Labute approximate surface area is 169 Å². The molecule has 2 heterocycles. The standard InChI is InChI=1S/C23H25FN2O3/c24-19-8-6-18(7-9-19)23(20-10-13-25-21(20)27)11-14-26(15-12-23)22(28)29-16-17-4-2-1-3-5-17/h1-9,20H,10-16H2,(H,25,27). The summed E-state index contributed by atoms with van der Waals surface area (Å²) in [5, 5.41) is 2.93. The molecule has 2 saturated heterocycles. The SMILES string of the molecule is O=C1NCCC1C1(c2ccc(F)cc2)CCN(C(=O)OCc2ccccc2)CC1. The average molecular weight is 396 g/mol. The summed E-state index contributed by atoms with van der Waals surface area (Å²) in [6.45, 7) is 1.92. The van der Waals surface area contributed by atoms with Crippen molar-refractivity contribution < 1.29 is 18.7 Å². The Balaban J connectivity index is 1.46. The van der Waals surface area contributed by atoms with Crippen molar-refractivity contribution in [2.75, 3.05) is 19.6 Å². The molecule has 1 unspecified atom stereocenters. The fourth-order valence-electron chi connectivity index (χ4n) is 4.64. The van der Waals surface area contributed by atoms with E-state index in [4.69, 9.17) is 4.74 Å². The molecule has 2 amide bonds. The summed E-state index contributed by atoms with van der Waals surface area (Å²) in [6, 6.07) is 16.0. The number of halogens is 1. The summed E-state index contributed by atoms with van der Waals surface area (Å²) < 4.78 is 18.9. The van der Waals surface area contributed by atoms with Gasteiger partial charge >= 0.3 is 6.09 Å². The Morgan fingerprint density at radius 2 is 1.79 bits per heavy atom. The number of carbonyl (C=O) groups excluding carboxylic acids is 2. The summed E-state index contributed by atoms with van der Waals surface area (Å²) in [5.74, 6) is -0.397. The first-order valence-electron chi connectivity index (χ1n) is 10.1. The van der Waals surface area contributed by atoms with Crippen LogP contribution in [0.1, 0.15) is 30.4 Å². The van der Waals surface area contributed by atoms with Crippen LogP contribution in [0.5, 0.6) is 0 Å². The van der Waals surface area contributed by atoms with Gasteiger partial charge in [-0.15, -0.1) is 0 Å². The van der Waals surface area contributed by atoms with Crippen LogP contribution >= 0.6 is 0 Å². The van der Waals surface area contributed by atoms with Crippen molar-refractivity contribution in [1.29, 1.82) is 0 Å². The molecule has 0 saturated carbocycles. The normalized spacial score (nSPS) is 20.9. The molecular formula is C23H25FN2O3. The maximum absolute atomic E-state index is 13.5. The van der Waals surface area contributed by atoms with Crippen LogP contribution in [-0.4, -0.2) is 36.5 Å². The molecule has 2 aliphatic rings. The number of benzene rings is 2. The van der Waals surface area contributed by atoms with Crippen molar-refractivity contribution in [2.24, 2.45) is 5.92 Å². The summed E-state index contributed by atoms with van der Waals surface area (Å²) in [6.07, 6.45) is 1.72. The van der Waals surface area contributed by atoms with E-state index < -0.39 is 0 Å². The average Bonchev–Trinajstić information content (AvgIpc) is 3.20. The number of carbonyl (C=O) groups is 2. The van der Waals surface area contributed by atoms with E-state index in [0.717, 1.165) is 17.5 Å². The molecule has 0 radical (unpaired) electrons. The predicted octanol–water partition coefficient (Wildman–Crippen LogP) is 3.63. The minimum absolute atomic E-state index is 0.0504. The third-order valence-corrected chi connectivity index (χ3v) is 6.25. The van der Waals surface area contributed by atoms with Crippen molar-refractivity contribution in [3.8, 4) is 0 Å². The van der Waals surface area contributed by atoms with Crippen LogP contribution in [0.4, 0.5) is 9.18 Å². The van der Waals surface area contributed by atoms with Gasteiger partial charge in [-0.3, -0.25) is 4.79 Å². The lowest BCUT2D eigenvalue weighted by Crippen LogP contribution is -2.50. The molecule has 2 fully saturated rings. The maximum atomic E-state index is 13.5. The summed E-state index contributed by atoms with van der Waals surface area (Å²) in [7, 11) is 0. The summed E-state index contributed by atoms with van der Waals surface area (Å²) in [5.41, 5.74) is 1.53. The number of amides is 2. The maximum Gasteiger partial charge on any atom is 0.410 e. The molecule has 2 aliphatic heterocycles. The van der Waals surface area contributed by atoms with Crippen molar-refractivity contribution >= 4 is 12.0 Å². The molecule has 0 aliphatic carbocycles. The second-order valence-corrected chi connectivity index (χ2v) is 7.82. The smallest absolute Gasteiger partial charge is 0.410 e. The monoisotopic (exact) mass is 396 g/mol. The zero-order valence-corrected chi connectivity index (χ0v) is 16.3. The second-order valence-electron chi connectivity index (χ2n) is 7.82. The Kier molecular flexibility index (Phi) is 5.51. The zero-order valence-electron chi connectivity index (χ0n) is 16.3. The van der Waals surface area contributed by atoms with Gasteiger partial charge in [-0.25, -0.2) is 9.18 Å². The minimum atomic E-state index is -0.384. The minimum Gasteiger partial charge on any atom is -0.445 e. The molecule has 29 heavy (non-hydrogen) atoms. The van der Waals surface area contributed by atoms with Crippen LogP contribution in [0.15, 0.2) is 54.6 Å². The molecule has 5 nitrogen and oxygen atoms in total. The van der Waals surface area contributed by atoms with E-state index in [1.807, 2.05) is 30.3 Å². The Bertz CT molecular complexity index is 861. The van der Waals surface area contributed by atoms with Crippen LogP contribution in [0.3, 0.4) is 0 Å². The van der Waals surface area contributed by atoms with Gasteiger partial charge in [-0.05, 0) is 42.5 Å². The van der Waals surface area contributed by atoms with Gasteiger partial charge < -0.3 is 15.0 Å². The van der Waals surface area contributed by atoms with E-state index in [-0.39, 0.29) is 35.8 Å². The van der Waals surface area contributed by atoms with Crippen molar-refractivity contribution in [3.05, 3.63) is 71.5 Å². The van der Waals surface area contributed by atoms with Gasteiger partial charge in [0.25, 0.3) is 0 Å². The van der Waals surface area contributed by atoms with Gasteiger partial charge in [-0.1, -0.05) is 42.5 Å². The largest absolute Gasteiger partial charge is 0.445 e. The van der Waals surface area contributed by atoms with Gasteiger partial charge in [0.05, 0.1) is 0 Å². The van der Waals surface area contributed by atoms with Crippen molar-refractivity contribution in [2.45, 2.75) is 31.3 Å². The zero-order chi connectivity index (χ0) is 20.3. The lowest BCUT2D eigenvalue weighted by molar-refractivity contribution is -0.125. The van der Waals surface area contributed by atoms with Gasteiger partial charge in [0.1, 0.15) is 12.4 Å². The molecular weight excluding hydrogens is 371 g/mol. The molecule has 0 spiro atoms. The number of nitrogens with one attached hydrogen (secondary N) is 1. The number of likely N-dealkylation sites (tertiary alicyclic amines) is 1. The first-order chi connectivity index (χ1) is 14.1. The third-order valence-electron chi connectivity index (χ3n) is 6.25. The lowest BCUT2D eigenvalue weighted by atomic mass is 9.64. The fourth-order valence-corrected chi connectivity index (χ4v) is 4.64. The molecule has 2 aromatic carbocycles. The Morgan fingerprint density at radius 1 is 1.10 bits per heavy atom. The number of rotatable bonds is 4. The van der Waals surface area contributed by atoms with Gasteiger partial charge in [0.2, 0.25) is 5.91 Å². The molecule has 2 aromatic rings. The van der Waals surface area contributed by atoms with Gasteiger partial charge in [0.15, 0.2) is 0 Å². The van der Waals surface area contributed by atoms with Crippen molar-refractivity contribution in [1.82, 2.24) is 10.2 Å². The van der Waals surface area contributed by atoms with Crippen LogP contribution in [0.25, 0.3) is 0 Å². The number of hydrogen-bond acceptors (Lipinski definition) is 3. The summed E-state index contributed by atoms with van der Waals surface area (Å²) in [4.78, 5) is 26.7. The topological polar surface area (TPSA) is 58.6 Å². The van der Waals surface area contributed by atoms with E-state index in [1.54, 1.807) is 17.0 Å². The van der Waals surface area contributed by atoms with E-state index in [9.17, 15) is 14.0 Å². The van der Waals surface area contributed by atoms with Crippen LogP contribution in [0.2, 0.25) is 0 Å². The molecule has 152 valence electrons. The highest BCUT2D eigenvalue weighted by Crippen LogP contribution is 2.45. The quantitative estimate of drug-likeness (QED) is 0.859. The van der Waals surface area contributed by atoms with E-state index in [1.165, 1.54) is 12.1 Å². The second kappa shape index (κ2) is 8.23. The van der Waals surface area contributed by atoms with Crippen molar-refractivity contribution in [3.63, 3.8) is 0 Å². The first kappa shape index (κ1) is 19.4. The lowest BCUT2D eigenvalue weighted by Gasteiger charge is -2.44. The van der Waals surface area contributed by atoms with Crippen LogP contribution < -0.4 is 5.32 Å². The number of piperidine rings is 1. The van der Waals surface area contributed by atoms with Crippen LogP contribution in [0, 0.1) is 11.7 Å². The van der Waals surface area contributed by atoms with Crippen LogP contribution in [-0.2, 0) is 21.6 Å². The number of nitrogens with zero attached hydrogens (tertiary/aromatic N) is 1. The van der Waals surface area contributed by atoms with Gasteiger partial charge in [0, 0.05) is 31.0 Å². The number of ether oxygens (including phenoxy) is 1. The first-order valence-corrected chi connectivity index (χ1v) is 10.1. The van der Waals surface area contributed by atoms with E-state index in [2.05, 4.69) is 5.32 Å². The highest BCUT2D eigenvalue weighted by atomic mass is 19.1. The molecule has 0 bridgehead atoms. The predicted molar refractivity (Wildman–Crippen MR) is 107 cm³/mol. The molecule has 1 atom stereocenters. The third kappa shape index (κ3) is 3.97. The van der Waals surface area contributed by atoms with Gasteiger partial charge in [-0.2, -0.15) is 0 Å². The number of hydrogen-bond donors (Lipinski definition) is 1. The van der Waals surface area contributed by atoms with E-state index >= 15 is 0 Å². The molecule has 0 aromatic heterocycles. The molecule has 6 heteroatoms. The molecule has 4 rings (SSSR count). The Morgan fingerprint density at radius 3 is 2.41 bits per heavy atom.